The topological polar surface area (TPSA) is 41.6 Å². The Morgan fingerprint density at radius 2 is 2.06 bits per heavy atom. The molecule has 84 valence electrons. The molecule has 1 aliphatic rings. The lowest BCUT2D eigenvalue weighted by Crippen LogP contribution is -2.29. The predicted molar refractivity (Wildman–Crippen MR) is 50.9 cm³/mol. The van der Waals surface area contributed by atoms with E-state index in [4.69, 9.17) is 0 Å². The molecule has 1 saturated carbocycles. The van der Waals surface area contributed by atoms with E-state index in [-0.39, 0.29) is 18.5 Å². The third-order valence-electron chi connectivity index (χ3n) is 3.04. The van der Waals surface area contributed by atoms with Crippen molar-refractivity contribution >= 4 is 11.2 Å². The van der Waals surface area contributed by atoms with Gasteiger partial charge in [-0.1, -0.05) is 0 Å². The van der Waals surface area contributed by atoms with E-state index in [1.807, 2.05) is 0 Å². The molecule has 0 spiro atoms. The van der Waals surface area contributed by atoms with E-state index in [0.29, 0.717) is 11.2 Å². The molecule has 0 amide bonds. The van der Waals surface area contributed by atoms with Crippen LogP contribution in [0.5, 0.6) is 0 Å². The number of aromatic nitrogens is 3. The first-order chi connectivity index (χ1) is 7.53. The Morgan fingerprint density at radius 3 is 2.69 bits per heavy atom. The molecule has 0 atom stereocenters. The van der Waals surface area contributed by atoms with Gasteiger partial charge in [-0.3, -0.25) is 0 Å². The number of rotatable bonds is 1. The Labute approximate surface area is 88.7 Å². The fourth-order valence-electron chi connectivity index (χ4n) is 1.87. The van der Waals surface area contributed by atoms with Crippen LogP contribution in [0.4, 0.5) is 13.2 Å². The summed E-state index contributed by atoms with van der Waals surface area (Å²) < 4.78 is 38.5. The highest BCUT2D eigenvalue weighted by atomic mass is 19.4. The van der Waals surface area contributed by atoms with Crippen LogP contribution in [0.1, 0.15) is 18.5 Å². The molecule has 0 radical (unpaired) electrons. The van der Waals surface area contributed by atoms with E-state index in [0.717, 1.165) is 0 Å². The maximum absolute atomic E-state index is 12.8. The Hall–Kier alpha value is -1.59. The van der Waals surface area contributed by atoms with Crippen LogP contribution in [-0.4, -0.2) is 21.1 Å². The molecular weight excluding hydrogens is 219 g/mol. The number of halogens is 3. The Kier molecular flexibility index (Phi) is 1.65. The molecule has 0 aliphatic heterocycles. The van der Waals surface area contributed by atoms with Gasteiger partial charge in [0.2, 0.25) is 0 Å². The molecule has 1 aliphatic carbocycles. The average Bonchev–Trinajstić information content (AvgIpc) is 2.91. The van der Waals surface area contributed by atoms with Crippen LogP contribution in [0.15, 0.2) is 18.5 Å². The largest absolute Gasteiger partial charge is 0.400 e. The molecule has 0 aromatic carbocycles. The average molecular weight is 227 g/mol. The van der Waals surface area contributed by atoms with Gasteiger partial charge in [0, 0.05) is 6.20 Å². The molecule has 0 unspecified atom stereocenters. The van der Waals surface area contributed by atoms with Crippen molar-refractivity contribution in [3.63, 3.8) is 0 Å². The minimum absolute atomic E-state index is 0.0344. The van der Waals surface area contributed by atoms with Crippen LogP contribution in [0.3, 0.4) is 0 Å². The fraction of sp³-hybridized carbons (Fsp3) is 0.400. The highest BCUT2D eigenvalue weighted by Gasteiger charge is 2.65. The summed E-state index contributed by atoms with van der Waals surface area (Å²) >= 11 is 0. The van der Waals surface area contributed by atoms with Gasteiger partial charge in [-0.15, -0.1) is 0 Å². The predicted octanol–water partition coefficient (Wildman–Crippen LogP) is 2.55. The quantitative estimate of drug-likeness (QED) is 0.813. The van der Waals surface area contributed by atoms with Gasteiger partial charge in [0.25, 0.3) is 0 Å². The van der Waals surface area contributed by atoms with E-state index < -0.39 is 11.6 Å². The molecule has 1 N–H and O–H groups in total. The molecule has 0 bridgehead atoms. The summed E-state index contributed by atoms with van der Waals surface area (Å²) in [6.45, 7) is 0. The van der Waals surface area contributed by atoms with Crippen molar-refractivity contribution in [1.29, 1.82) is 0 Å². The van der Waals surface area contributed by atoms with Crippen LogP contribution in [0.25, 0.3) is 11.2 Å². The van der Waals surface area contributed by atoms with Crippen LogP contribution < -0.4 is 0 Å². The molecular formula is C10H8F3N3. The Bertz CT molecular complexity index is 539. The molecule has 6 heteroatoms. The molecule has 3 nitrogen and oxygen atoms in total. The second kappa shape index (κ2) is 2.75. The summed E-state index contributed by atoms with van der Waals surface area (Å²) in [5.74, 6) is 0. The van der Waals surface area contributed by atoms with Crippen molar-refractivity contribution in [3.8, 4) is 0 Å². The number of hydrogen-bond donors (Lipinski definition) is 1. The number of alkyl halides is 3. The van der Waals surface area contributed by atoms with Gasteiger partial charge in [-0.25, -0.2) is 9.97 Å². The lowest BCUT2D eigenvalue weighted by atomic mass is 10.0. The van der Waals surface area contributed by atoms with E-state index in [1.165, 1.54) is 6.20 Å². The number of hydrogen-bond acceptors (Lipinski definition) is 2. The molecule has 3 rings (SSSR count). The van der Waals surface area contributed by atoms with Gasteiger partial charge in [-0.2, -0.15) is 13.2 Å². The minimum atomic E-state index is -4.23. The van der Waals surface area contributed by atoms with Crippen LogP contribution in [-0.2, 0) is 5.41 Å². The van der Waals surface area contributed by atoms with Gasteiger partial charge >= 0.3 is 6.18 Å². The number of fused-ring (bicyclic) bond motifs is 1. The van der Waals surface area contributed by atoms with E-state index in [9.17, 15) is 13.2 Å². The van der Waals surface area contributed by atoms with Gasteiger partial charge in [0.1, 0.15) is 10.9 Å². The lowest BCUT2D eigenvalue weighted by molar-refractivity contribution is -0.161. The van der Waals surface area contributed by atoms with Crippen molar-refractivity contribution in [2.24, 2.45) is 0 Å². The SMILES string of the molecule is FC(F)(F)C1(c2cnc3[nH]ccc3n2)CC1. The fourth-order valence-corrected chi connectivity index (χ4v) is 1.87. The van der Waals surface area contributed by atoms with Crippen LogP contribution >= 0.6 is 0 Å². The maximum atomic E-state index is 12.8. The monoisotopic (exact) mass is 227 g/mol. The van der Waals surface area contributed by atoms with Crippen molar-refractivity contribution in [2.75, 3.05) is 0 Å². The van der Waals surface area contributed by atoms with Crippen molar-refractivity contribution < 1.29 is 13.2 Å². The number of nitrogens with one attached hydrogen (secondary N) is 1. The summed E-state index contributed by atoms with van der Waals surface area (Å²) in [7, 11) is 0. The summed E-state index contributed by atoms with van der Waals surface area (Å²) in [5, 5.41) is 0. The number of aromatic amines is 1. The van der Waals surface area contributed by atoms with Crippen LogP contribution in [0.2, 0.25) is 0 Å². The zero-order valence-electron chi connectivity index (χ0n) is 8.17. The first-order valence-corrected chi connectivity index (χ1v) is 4.90. The smallest absolute Gasteiger partial charge is 0.345 e. The van der Waals surface area contributed by atoms with Gasteiger partial charge in [0.05, 0.1) is 11.9 Å². The second-order valence-electron chi connectivity index (χ2n) is 4.05. The van der Waals surface area contributed by atoms with Gasteiger partial charge < -0.3 is 4.98 Å². The molecule has 1 fully saturated rings. The lowest BCUT2D eigenvalue weighted by Gasteiger charge is -2.17. The van der Waals surface area contributed by atoms with E-state index in [2.05, 4.69) is 15.0 Å². The highest BCUT2D eigenvalue weighted by molar-refractivity contribution is 5.70. The third-order valence-corrected chi connectivity index (χ3v) is 3.04. The summed E-state index contributed by atoms with van der Waals surface area (Å²) in [6, 6.07) is 1.62. The zero-order valence-corrected chi connectivity index (χ0v) is 8.17. The van der Waals surface area contributed by atoms with Crippen molar-refractivity contribution in [1.82, 2.24) is 15.0 Å². The number of nitrogens with zero attached hydrogens (tertiary/aromatic N) is 2. The van der Waals surface area contributed by atoms with E-state index >= 15 is 0 Å². The number of H-pyrrole nitrogens is 1. The van der Waals surface area contributed by atoms with Crippen LogP contribution in [0, 0.1) is 0 Å². The van der Waals surface area contributed by atoms with Gasteiger partial charge in [0.15, 0.2) is 5.65 Å². The summed E-state index contributed by atoms with van der Waals surface area (Å²) in [5.41, 5.74) is -0.715. The molecule has 16 heavy (non-hydrogen) atoms. The van der Waals surface area contributed by atoms with Gasteiger partial charge in [-0.05, 0) is 18.9 Å². The normalized spacial score (nSPS) is 18.9. The molecule has 0 saturated heterocycles. The minimum Gasteiger partial charge on any atom is -0.345 e. The maximum Gasteiger partial charge on any atom is 0.400 e. The standard InChI is InChI=1S/C10H8F3N3/c11-10(12,13)9(2-3-9)7-5-15-8-6(16-7)1-4-14-8/h1,4-5H,2-3H2,(H,14,15). The molecule has 2 heterocycles. The molecule has 2 aromatic heterocycles. The Balaban J connectivity index is 2.12. The van der Waals surface area contributed by atoms with Crippen molar-refractivity contribution in [3.05, 3.63) is 24.2 Å². The third kappa shape index (κ3) is 1.15. The summed E-state index contributed by atoms with van der Waals surface area (Å²) in [6.07, 6.45) is -1.17. The van der Waals surface area contributed by atoms with E-state index in [1.54, 1.807) is 12.3 Å². The van der Waals surface area contributed by atoms with Crippen molar-refractivity contribution in [2.45, 2.75) is 24.4 Å². The first kappa shape index (κ1) is 9.62. The summed E-state index contributed by atoms with van der Waals surface area (Å²) in [4.78, 5) is 10.8. The zero-order chi connectivity index (χ0) is 11.4. The second-order valence-corrected chi connectivity index (χ2v) is 4.05. The molecule has 2 aromatic rings. The highest BCUT2D eigenvalue weighted by Crippen LogP contribution is 2.58. The first-order valence-electron chi connectivity index (χ1n) is 4.90. The Morgan fingerprint density at radius 1 is 1.31 bits per heavy atom.